The first-order chi connectivity index (χ1) is 15.7. The average Bonchev–Trinajstić information content (AvgIpc) is 3.14. The zero-order valence-electron chi connectivity index (χ0n) is 22.4. The van der Waals surface area contributed by atoms with E-state index in [1.54, 1.807) is 0 Å². The summed E-state index contributed by atoms with van der Waals surface area (Å²) in [6, 6.07) is 0. The van der Waals surface area contributed by atoms with Crippen LogP contribution in [0.4, 0.5) is 0 Å². The molecule has 0 aromatic heterocycles. The molecule has 0 saturated heterocycles. The lowest BCUT2D eigenvalue weighted by molar-refractivity contribution is -0.263. The van der Waals surface area contributed by atoms with Crippen LogP contribution in [0, 0.1) is 56.7 Å². The lowest BCUT2D eigenvalue weighted by Crippen LogP contribution is -2.68. The quantitative estimate of drug-likeness (QED) is 0.427. The van der Waals surface area contributed by atoms with Crippen LogP contribution in [0.25, 0.3) is 0 Å². The highest BCUT2D eigenvalue weighted by Crippen LogP contribution is 2.77. The van der Waals surface area contributed by atoms with Crippen LogP contribution in [-0.4, -0.2) is 33.5 Å². The third-order valence-corrected chi connectivity index (χ3v) is 13.4. The molecule has 0 aliphatic heterocycles. The van der Waals surface area contributed by atoms with Gasteiger partial charge in [-0.15, -0.1) is 0 Å². The minimum absolute atomic E-state index is 0.00606. The van der Waals surface area contributed by atoms with Crippen LogP contribution in [0.3, 0.4) is 0 Å². The molecule has 11 atom stereocenters. The molecule has 5 aliphatic rings. The van der Waals surface area contributed by atoms with Gasteiger partial charge in [0.1, 0.15) is 0 Å². The van der Waals surface area contributed by atoms with Crippen molar-refractivity contribution in [3.05, 3.63) is 12.2 Å². The maximum absolute atomic E-state index is 12.8. The van der Waals surface area contributed by atoms with Crippen molar-refractivity contribution in [2.45, 2.75) is 112 Å². The summed E-state index contributed by atoms with van der Waals surface area (Å²) in [4.78, 5) is 12.8. The molecule has 5 saturated carbocycles. The molecule has 0 aromatic rings. The van der Waals surface area contributed by atoms with Crippen molar-refractivity contribution >= 4 is 5.97 Å². The van der Waals surface area contributed by atoms with Crippen LogP contribution in [0.5, 0.6) is 0 Å². The van der Waals surface area contributed by atoms with Gasteiger partial charge >= 0.3 is 5.97 Å². The monoisotopic (exact) mass is 472 g/mol. The van der Waals surface area contributed by atoms with Gasteiger partial charge in [0.15, 0.2) is 0 Å². The van der Waals surface area contributed by atoms with E-state index in [1.807, 2.05) is 0 Å². The van der Waals surface area contributed by atoms with Crippen molar-refractivity contribution in [2.24, 2.45) is 56.7 Å². The molecular weight excluding hydrogens is 424 g/mol. The Hall–Kier alpha value is -0.870. The summed E-state index contributed by atoms with van der Waals surface area (Å²) in [6.45, 7) is 18.2. The lowest BCUT2D eigenvalue weighted by Gasteiger charge is -2.73. The Morgan fingerprint density at radius 2 is 1.53 bits per heavy atom. The first-order valence-corrected chi connectivity index (χ1v) is 13.9. The smallest absolute Gasteiger partial charge is 0.309 e. The van der Waals surface area contributed by atoms with Crippen LogP contribution in [-0.2, 0) is 4.79 Å². The van der Waals surface area contributed by atoms with Gasteiger partial charge in [-0.25, -0.2) is 0 Å². The normalized spacial score (nSPS) is 55.9. The standard InChI is InChI=1S/C30H48O4/c1-17(2)18-10-13-30(25(33)34)15-14-28(6)19(23(18)30)8-9-22-27(5)16-20(31)24(32)26(3,4)21(27)11-12-29(22,28)7/h18-24,31-32H,1,8-16H2,2-7H3,(H,33,34)/t18-,19-,20+,21-,22+,23-,24-,27-,28+,29+,30-/m0/s1. The highest BCUT2D eigenvalue weighted by molar-refractivity contribution is 5.76. The predicted octanol–water partition coefficient (Wildman–Crippen LogP) is 6.06. The minimum Gasteiger partial charge on any atom is -0.481 e. The zero-order chi connectivity index (χ0) is 25.1. The van der Waals surface area contributed by atoms with Gasteiger partial charge in [0, 0.05) is 0 Å². The van der Waals surface area contributed by atoms with Crippen LogP contribution in [0.15, 0.2) is 12.2 Å². The summed E-state index contributed by atoms with van der Waals surface area (Å²) in [6.07, 6.45) is 7.32. The van der Waals surface area contributed by atoms with Crippen molar-refractivity contribution in [3.8, 4) is 0 Å². The number of aliphatic hydroxyl groups is 2. The van der Waals surface area contributed by atoms with Gasteiger partial charge in [-0.05, 0) is 116 Å². The SMILES string of the molecule is C=C(C)[C@@H]1CC[C@]2(C(=O)O)CC[C@]3(C)[C@@H](CC[C@@H]4[C@@]5(C)C[C@@H](O)[C@H](O)C(C)(C)[C@@H]5CC[C@]43C)[C@H]12. The van der Waals surface area contributed by atoms with Gasteiger partial charge in [-0.3, -0.25) is 4.79 Å². The van der Waals surface area contributed by atoms with E-state index in [1.165, 1.54) is 5.57 Å². The molecule has 192 valence electrons. The minimum atomic E-state index is -0.669. The Labute approximate surface area is 206 Å². The molecule has 0 unspecified atom stereocenters. The highest BCUT2D eigenvalue weighted by Gasteiger charge is 2.72. The molecule has 5 rings (SSSR count). The summed E-state index contributed by atoms with van der Waals surface area (Å²) >= 11 is 0. The van der Waals surface area contributed by atoms with Crippen LogP contribution >= 0.6 is 0 Å². The molecule has 0 radical (unpaired) electrons. The number of rotatable bonds is 2. The van der Waals surface area contributed by atoms with Gasteiger partial charge in [0.05, 0.1) is 17.6 Å². The molecule has 0 heterocycles. The fraction of sp³-hybridized carbons (Fsp3) is 0.900. The highest BCUT2D eigenvalue weighted by atomic mass is 16.4. The Morgan fingerprint density at radius 1 is 0.853 bits per heavy atom. The fourth-order valence-corrected chi connectivity index (χ4v) is 11.7. The molecule has 0 aromatic carbocycles. The molecule has 0 amide bonds. The predicted molar refractivity (Wildman–Crippen MR) is 134 cm³/mol. The summed E-state index contributed by atoms with van der Waals surface area (Å²) in [5.41, 5.74) is 0.501. The molecular formula is C30H48O4. The lowest BCUT2D eigenvalue weighted by atomic mass is 9.32. The van der Waals surface area contributed by atoms with Gasteiger partial charge in [0.25, 0.3) is 0 Å². The van der Waals surface area contributed by atoms with E-state index in [0.29, 0.717) is 30.1 Å². The fourth-order valence-electron chi connectivity index (χ4n) is 11.7. The molecule has 3 N–H and O–H groups in total. The number of hydrogen-bond acceptors (Lipinski definition) is 3. The second-order valence-electron chi connectivity index (χ2n) is 14.7. The van der Waals surface area contributed by atoms with E-state index in [2.05, 4.69) is 48.1 Å². The maximum Gasteiger partial charge on any atom is 0.309 e. The Balaban J connectivity index is 1.57. The van der Waals surface area contributed by atoms with Gasteiger partial charge < -0.3 is 15.3 Å². The van der Waals surface area contributed by atoms with E-state index < -0.39 is 23.6 Å². The van der Waals surface area contributed by atoms with Crippen molar-refractivity contribution in [2.75, 3.05) is 0 Å². The van der Waals surface area contributed by atoms with Crippen LogP contribution < -0.4 is 0 Å². The first-order valence-electron chi connectivity index (χ1n) is 13.9. The number of carbonyl (C=O) groups is 1. The number of aliphatic carboxylic acids is 1. The number of hydrogen-bond donors (Lipinski definition) is 3. The van der Waals surface area contributed by atoms with Crippen molar-refractivity contribution in [3.63, 3.8) is 0 Å². The van der Waals surface area contributed by atoms with E-state index >= 15 is 0 Å². The molecule has 34 heavy (non-hydrogen) atoms. The molecule has 4 heteroatoms. The van der Waals surface area contributed by atoms with Crippen LogP contribution in [0.1, 0.15) is 99.3 Å². The van der Waals surface area contributed by atoms with Crippen molar-refractivity contribution in [1.82, 2.24) is 0 Å². The molecule has 5 fully saturated rings. The van der Waals surface area contributed by atoms with Gasteiger partial charge in [0.2, 0.25) is 0 Å². The third-order valence-electron chi connectivity index (χ3n) is 13.4. The van der Waals surface area contributed by atoms with E-state index in [-0.39, 0.29) is 27.6 Å². The zero-order valence-corrected chi connectivity index (χ0v) is 22.4. The average molecular weight is 473 g/mol. The first kappa shape index (κ1) is 24.8. The number of allylic oxidation sites excluding steroid dienone is 1. The Bertz CT molecular complexity index is 894. The number of carboxylic acids is 1. The van der Waals surface area contributed by atoms with Crippen molar-refractivity contribution < 1.29 is 20.1 Å². The second kappa shape index (κ2) is 7.34. The topological polar surface area (TPSA) is 77.8 Å². The van der Waals surface area contributed by atoms with Gasteiger partial charge in [-0.2, -0.15) is 0 Å². The molecule has 0 bridgehead atoms. The number of fused-ring (bicyclic) bond motifs is 7. The molecule has 5 aliphatic carbocycles. The molecule has 0 spiro atoms. The number of carboxylic acid groups (broad SMARTS) is 1. The summed E-state index contributed by atoms with van der Waals surface area (Å²) in [7, 11) is 0. The van der Waals surface area contributed by atoms with Crippen molar-refractivity contribution in [1.29, 1.82) is 0 Å². The number of aliphatic hydroxyl groups excluding tert-OH is 2. The van der Waals surface area contributed by atoms with E-state index in [9.17, 15) is 20.1 Å². The Morgan fingerprint density at radius 3 is 2.15 bits per heavy atom. The molecule has 4 nitrogen and oxygen atoms in total. The Kier molecular flexibility index (Phi) is 5.36. The second-order valence-corrected chi connectivity index (χ2v) is 14.7. The maximum atomic E-state index is 12.8. The van der Waals surface area contributed by atoms with Gasteiger partial charge in [-0.1, -0.05) is 46.8 Å². The summed E-state index contributed by atoms with van der Waals surface area (Å²) in [5, 5.41) is 32.4. The summed E-state index contributed by atoms with van der Waals surface area (Å²) < 4.78 is 0. The van der Waals surface area contributed by atoms with E-state index in [4.69, 9.17) is 0 Å². The largest absolute Gasteiger partial charge is 0.481 e. The summed E-state index contributed by atoms with van der Waals surface area (Å²) in [5.74, 6) is 1.24. The van der Waals surface area contributed by atoms with E-state index in [0.717, 1.165) is 51.4 Å². The third kappa shape index (κ3) is 2.76. The van der Waals surface area contributed by atoms with Crippen LogP contribution in [0.2, 0.25) is 0 Å².